The van der Waals surface area contributed by atoms with E-state index in [1.54, 1.807) is 12.1 Å². The molecule has 1 rings (SSSR count). The summed E-state index contributed by atoms with van der Waals surface area (Å²) >= 11 is 0. The van der Waals surface area contributed by atoms with Crippen LogP contribution in [0.15, 0.2) is 24.3 Å². The normalized spacial score (nSPS) is 9.80. The number of terminal acetylenes is 1. The molecule has 20 heavy (non-hydrogen) atoms. The molecule has 3 nitrogen and oxygen atoms in total. The second kappa shape index (κ2) is 9.91. The molecule has 0 bridgehead atoms. The SMILES string of the molecule is C#CCOC(=O)c1ccc(NCCCCCCC)cc1. The topological polar surface area (TPSA) is 38.3 Å². The summed E-state index contributed by atoms with van der Waals surface area (Å²) in [6.45, 7) is 3.19. The fraction of sp³-hybridized carbons (Fsp3) is 0.471. The summed E-state index contributed by atoms with van der Waals surface area (Å²) in [6, 6.07) is 7.27. The van der Waals surface area contributed by atoms with Crippen molar-refractivity contribution in [3.05, 3.63) is 29.8 Å². The van der Waals surface area contributed by atoms with Crippen LogP contribution in [0.2, 0.25) is 0 Å². The number of carbonyl (C=O) groups excluding carboxylic acids is 1. The Morgan fingerprint density at radius 3 is 2.55 bits per heavy atom. The number of hydrogen-bond donors (Lipinski definition) is 1. The molecule has 0 aliphatic heterocycles. The number of rotatable bonds is 9. The molecule has 1 aromatic rings. The molecule has 0 amide bonds. The van der Waals surface area contributed by atoms with Gasteiger partial charge in [-0.3, -0.25) is 0 Å². The van der Waals surface area contributed by atoms with Crippen LogP contribution < -0.4 is 5.32 Å². The molecule has 0 radical (unpaired) electrons. The highest BCUT2D eigenvalue weighted by Crippen LogP contribution is 2.11. The molecule has 0 spiro atoms. The number of benzene rings is 1. The Morgan fingerprint density at radius 1 is 1.20 bits per heavy atom. The van der Waals surface area contributed by atoms with Gasteiger partial charge in [-0.05, 0) is 30.7 Å². The van der Waals surface area contributed by atoms with Crippen molar-refractivity contribution >= 4 is 11.7 Å². The van der Waals surface area contributed by atoms with E-state index in [1.807, 2.05) is 12.1 Å². The third-order valence-corrected chi connectivity index (χ3v) is 3.02. The van der Waals surface area contributed by atoms with Crippen molar-refractivity contribution in [3.63, 3.8) is 0 Å². The second-order valence-electron chi connectivity index (χ2n) is 4.70. The molecular formula is C17H23NO2. The molecular weight excluding hydrogens is 250 g/mol. The zero-order chi connectivity index (χ0) is 14.6. The predicted molar refractivity (Wildman–Crippen MR) is 82.8 cm³/mol. The molecule has 0 atom stereocenters. The van der Waals surface area contributed by atoms with Gasteiger partial charge in [0, 0.05) is 12.2 Å². The van der Waals surface area contributed by atoms with Crippen molar-refractivity contribution in [3.8, 4) is 12.3 Å². The van der Waals surface area contributed by atoms with Crippen molar-refractivity contribution in [1.82, 2.24) is 0 Å². The van der Waals surface area contributed by atoms with Gasteiger partial charge in [-0.25, -0.2) is 4.79 Å². The standard InChI is InChI=1S/C17H23NO2/c1-3-5-6-7-8-13-18-16-11-9-15(10-12-16)17(19)20-14-4-2/h2,9-12,18H,3,5-8,13-14H2,1H3. The van der Waals surface area contributed by atoms with Gasteiger partial charge in [0.15, 0.2) is 6.61 Å². The van der Waals surface area contributed by atoms with E-state index in [-0.39, 0.29) is 12.6 Å². The number of carbonyl (C=O) groups is 1. The summed E-state index contributed by atoms with van der Waals surface area (Å²) in [4.78, 5) is 11.5. The number of ether oxygens (including phenoxy) is 1. The zero-order valence-corrected chi connectivity index (χ0v) is 12.2. The molecule has 0 saturated carbocycles. The van der Waals surface area contributed by atoms with Crippen LogP contribution in [0.25, 0.3) is 0 Å². The van der Waals surface area contributed by atoms with E-state index in [0.29, 0.717) is 5.56 Å². The average molecular weight is 273 g/mol. The van der Waals surface area contributed by atoms with E-state index in [2.05, 4.69) is 18.2 Å². The van der Waals surface area contributed by atoms with Crippen LogP contribution in [0.4, 0.5) is 5.69 Å². The molecule has 0 fully saturated rings. The fourth-order valence-electron chi connectivity index (χ4n) is 1.88. The van der Waals surface area contributed by atoms with E-state index in [0.717, 1.165) is 12.2 Å². The highest BCUT2D eigenvalue weighted by Gasteiger charge is 2.05. The Bertz CT molecular complexity index is 431. The Morgan fingerprint density at radius 2 is 1.90 bits per heavy atom. The van der Waals surface area contributed by atoms with Crippen molar-refractivity contribution in [2.75, 3.05) is 18.5 Å². The Labute approximate surface area is 121 Å². The van der Waals surface area contributed by atoms with Crippen molar-refractivity contribution in [1.29, 1.82) is 0 Å². The molecule has 0 saturated heterocycles. The predicted octanol–water partition coefficient (Wildman–Crippen LogP) is 3.86. The maximum atomic E-state index is 11.5. The molecule has 1 N–H and O–H groups in total. The first-order valence-corrected chi connectivity index (χ1v) is 7.22. The lowest BCUT2D eigenvalue weighted by molar-refractivity contribution is 0.0557. The number of hydrogen-bond acceptors (Lipinski definition) is 3. The van der Waals surface area contributed by atoms with Gasteiger partial charge in [-0.1, -0.05) is 38.5 Å². The summed E-state index contributed by atoms with van der Waals surface area (Å²) in [5.74, 6) is 1.89. The third kappa shape index (κ3) is 6.29. The van der Waals surface area contributed by atoms with Crippen LogP contribution in [0.3, 0.4) is 0 Å². The van der Waals surface area contributed by atoms with Gasteiger partial charge in [0.1, 0.15) is 0 Å². The van der Waals surface area contributed by atoms with E-state index < -0.39 is 0 Å². The van der Waals surface area contributed by atoms with E-state index in [4.69, 9.17) is 11.2 Å². The number of unbranched alkanes of at least 4 members (excludes halogenated alkanes) is 4. The van der Waals surface area contributed by atoms with E-state index in [1.165, 1.54) is 32.1 Å². The Kier molecular flexibility index (Phi) is 7.98. The zero-order valence-electron chi connectivity index (χ0n) is 12.2. The highest BCUT2D eigenvalue weighted by molar-refractivity contribution is 5.89. The Balaban J connectivity index is 2.28. The second-order valence-corrected chi connectivity index (χ2v) is 4.70. The van der Waals surface area contributed by atoms with E-state index >= 15 is 0 Å². The highest BCUT2D eigenvalue weighted by atomic mass is 16.5. The fourth-order valence-corrected chi connectivity index (χ4v) is 1.88. The number of nitrogens with one attached hydrogen (secondary N) is 1. The minimum absolute atomic E-state index is 0.0105. The Hall–Kier alpha value is -1.95. The molecule has 108 valence electrons. The lowest BCUT2D eigenvalue weighted by Crippen LogP contribution is -2.06. The smallest absolute Gasteiger partial charge is 0.339 e. The number of esters is 1. The van der Waals surface area contributed by atoms with Crippen LogP contribution in [0, 0.1) is 12.3 Å². The summed E-state index contributed by atoms with van der Waals surface area (Å²) in [5.41, 5.74) is 1.54. The minimum Gasteiger partial charge on any atom is -0.449 e. The van der Waals surface area contributed by atoms with Crippen LogP contribution in [-0.2, 0) is 4.74 Å². The van der Waals surface area contributed by atoms with Crippen molar-refractivity contribution in [2.45, 2.75) is 39.0 Å². The van der Waals surface area contributed by atoms with Crippen LogP contribution >= 0.6 is 0 Å². The molecule has 1 aromatic carbocycles. The minimum atomic E-state index is -0.380. The molecule has 0 aliphatic rings. The van der Waals surface area contributed by atoms with Crippen LogP contribution in [-0.4, -0.2) is 19.1 Å². The quantitative estimate of drug-likeness (QED) is 0.422. The van der Waals surface area contributed by atoms with Crippen LogP contribution in [0.5, 0.6) is 0 Å². The molecule has 0 unspecified atom stereocenters. The summed E-state index contributed by atoms with van der Waals surface area (Å²) in [7, 11) is 0. The maximum Gasteiger partial charge on any atom is 0.339 e. The van der Waals surface area contributed by atoms with Gasteiger partial charge in [0.2, 0.25) is 0 Å². The van der Waals surface area contributed by atoms with Crippen LogP contribution in [0.1, 0.15) is 49.4 Å². The summed E-state index contributed by atoms with van der Waals surface area (Å²) in [6.07, 6.45) is 11.4. The maximum absolute atomic E-state index is 11.5. The van der Waals surface area contributed by atoms with Crippen molar-refractivity contribution in [2.24, 2.45) is 0 Å². The van der Waals surface area contributed by atoms with Gasteiger partial charge < -0.3 is 10.1 Å². The monoisotopic (exact) mass is 273 g/mol. The summed E-state index contributed by atoms with van der Waals surface area (Å²) in [5, 5.41) is 3.35. The first kappa shape index (κ1) is 16.1. The van der Waals surface area contributed by atoms with Gasteiger partial charge >= 0.3 is 5.97 Å². The van der Waals surface area contributed by atoms with Gasteiger partial charge in [-0.15, -0.1) is 6.42 Å². The largest absolute Gasteiger partial charge is 0.449 e. The van der Waals surface area contributed by atoms with Gasteiger partial charge in [0.25, 0.3) is 0 Å². The van der Waals surface area contributed by atoms with Gasteiger partial charge in [-0.2, -0.15) is 0 Å². The third-order valence-electron chi connectivity index (χ3n) is 3.02. The molecule has 0 aromatic heterocycles. The number of anilines is 1. The van der Waals surface area contributed by atoms with E-state index in [9.17, 15) is 4.79 Å². The molecule has 3 heteroatoms. The lowest BCUT2D eigenvalue weighted by Gasteiger charge is -2.07. The lowest BCUT2D eigenvalue weighted by atomic mass is 10.1. The first-order valence-electron chi connectivity index (χ1n) is 7.22. The summed E-state index contributed by atoms with van der Waals surface area (Å²) < 4.78 is 4.86. The molecule has 0 aliphatic carbocycles. The average Bonchev–Trinajstić information content (AvgIpc) is 2.49. The van der Waals surface area contributed by atoms with Crippen molar-refractivity contribution < 1.29 is 9.53 Å². The van der Waals surface area contributed by atoms with Gasteiger partial charge in [0.05, 0.1) is 5.56 Å². The molecule has 0 heterocycles. The first-order chi connectivity index (χ1) is 9.77.